The van der Waals surface area contributed by atoms with Crippen LogP contribution in [0.1, 0.15) is 62.4 Å². The van der Waals surface area contributed by atoms with Crippen molar-refractivity contribution < 1.29 is 44.3 Å². The molecule has 35 heavy (non-hydrogen) atoms. The number of unbranched alkanes of at least 4 members (excludes halogenated alkanes) is 1. The lowest BCUT2D eigenvalue weighted by molar-refractivity contribution is 0.0201. The highest BCUT2D eigenvalue weighted by atomic mass is 32.2. The molecule has 1 amide bonds. The van der Waals surface area contributed by atoms with Gasteiger partial charge in [0.25, 0.3) is 15.7 Å². The maximum Gasteiger partial charge on any atom is 0.410 e. The number of hydrogen-bond donors (Lipinski definition) is 1. The molecule has 14 nitrogen and oxygen atoms in total. The number of methoxy groups -OCH3 is 1. The number of nitrogens with one attached hydrogen (secondary N) is 1. The lowest BCUT2D eigenvalue weighted by Gasteiger charge is -2.30. The molecule has 0 saturated heterocycles. The average molecular weight is 542 g/mol. The van der Waals surface area contributed by atoms with Gasteiger partial charge in [0.2, 0.25) is 5.75 Å². The predicted octanol–water partition coefficient (Wildman–Crippen LogP) is 0.949. The predicted molar refractivity (Wildman–Crippen MR) is 123 cm³/mol. The van der Waals surface area contributed by atoms with Crippen LogP contribution in [0.4, 0.5) is 4.79 Å². The lowest BCUT2D eigenvalue weighted by atomic mass is 10.1. The number of nitrogens with zero attached hydrogens (tertiary/aromatic N) is 2. The van der Waals surface area contributed by atoms with E-state index in [9.17, 15) is 31.2 Å². The Kier molecular flexibility index (Phi) is 10.2. The average Bonchev–Trinajstić information content (AvgIpc) is 2.68. The number of esters is 1. The number of carbonyl (C=O) groups excluding carboxylic acids is 2. The van der Waals surface area contributed by atoms with Crippen LogP contribution in [0, 0.1) is 0 Å². The molecular weight excluding hydrogens is 510 g/mol. The summed E-state index contributed by atoms with van der Waals surface area (Å²) in [5, 5.41) is 0. The molecule has 0 spiro atoms. The number of carbonyl (C=O) groups is 2. The zero-order valence-electron chi connectivity index (χ0n) is 20.6. The Hall–Kier alpha value is -2.72. The number of H-pyrrole nitrogens is 1. The highest BCUT2D eigenvalue weighted by Crippen LogP contribution is 2.26. The Bertz CT molecular complexity index is 1190. The van der Waals surface area contributed by atoms with Crippen LogP contribution in [0.5, 0.6) is 5.75 Å². The van der Waals surface area contributed by atoms with Gasteiger partial charge in [-0.25, -0.2) is 14.6 Å². The molecule has 200 valence electrons. The zero-order valence-corrected chi connectivity index (χ0v) is 22.2. The minimum Gasteiger partial charge on any atom is -0.464 e. The Balaban J connectivity index is 3.43. The van der Waals surface area contributed by atoms with E-state index in [-0.39, 0.29) is 25.3 Å². The van der Waals surface area contributed by atoms with E-state index in [0.717, 1.165) is 18.3 Å². The molecule has 0 aliphatic rings. The normalized spacial score (nSPS) is 13.1. The van der Waals surface area contributed by atoms with E-state index >= 15 is 0 Å². The molecule has 0 aliphatic carbocycles. The van der Waals surface area contributed by atoms with Gasteiger partial charge in [-0.05, 0) is 40.0 Å². The maximum atomic E-state index is 12.7. The SMILES string of the molecule is COC(=O)c1nc(C(CCCCOS(C)(=O)=O)N(C)C(=O)OC(C)(C)C)[nH]c(=O)c1OS(C)(=O)=O. The minimum absolute atomic E-state index is 0.111. The highest BCUT2D eigenvalue weighted by molar-refractivity contribution is 7.86. The third kappa shape index (κ3) is 10.6. The Morgan fingerprint density at radius 1 is 1.09 bits per heavy atom. The van der Waals surface area contributed by atoms with Crippen molar-refractivity contribution in [3.63, 3.8) is 0 Å². The summed E-state index contributed by atoms with van der Waals surface area (Å²) in [6, 6.07) is -0.966. The molecule has 16 heteroatoms. The van der Waals surface area contributed by atoms with Crippen LogP contribution >= 0.6 is 0 Å². The van der Waals surface area contributed by atoms with Crippen molar-refractivity contribution in [2.45, 2.75) is 51.7 Å². The van der Waals surface area contributed by atoms with E-state index in [2.05, 4.69) is 18.9 Å². The molecule has 0 bridgehead atoms. The van der Waals surface area contributed by atoms with E-state index < -0.39 is 60.9 Å². The first-order valence-electron chi connectivity index (χ1n) is 10.3. The van der Waals surface area contributed by atoms with Gasteiger partial charge in [0.05, 0.1) is 32.3 Å². The minimum atomic E-state index is -4.20. The first-order valence-corrected chi connectivity index (χ1v) is 13.9. The van der Waals surface area contributed by atoms with Crippen molar-refractivity contribution in [1.82, 2.24) is 14.9 Å². The summed E-state index contributed by atoms with van der Waals surface area (Å²) in [5.74, 6) is -2.20. The second-order valence-corrected chi connectivity index (χ2v) is 11.8. The van der Waals surface area contributed by atoms with E-state index in [1.807, 2.05) is 0 Å². The number of aromatic amines is 1. The van der Waals surface area contributed by atoms with Crippen molar-refractivity contribution >= 4 is 32.3 Å². The molecule has 1 heterocycles. The van der Waals surface area contributed by atoms with Crippen molar-refractivity contribution in [2.24, 2.45) is 0 Å². The van der Waals surface area contributed by atoms with Gasteiger partial charge in [0, 0.05) is 7.05 Å². The molecule has 0 aromatic carbocycles. The van der Waals surface area contributed by atoms with Crippen LogP contribution in [-0.2, 0) is 33.9 Å². The fourth-order valence-corrected chi connectivity index (χ4v) is 3.60. The molecule has 1 N–H and O–H groups in total. The van der Waals surface area contributed by atoms with Crippen LogP contribution in [0.25, 0.3) is 0 Å². The molecule has 1 atom stereocenters. The van der Waals surface area contributed by atoms with Crippen LogP contribution in [0.15, 0.2) is 4.79 Å². The van der Waals surface area contributed by atoms with E-state index in [1.165, 1.54) is 7.05 Å². The largest absolute Gasteiger partial charge is 0.464 e. The molecular formula is C19H31N3O11S2. The van der Waals surface area contributed by atoms with Gasteiger partial charge < -0.3 is 23.5 Å². The smallest absolute Gasteiger partial charge is 0.410 e. The van der Waals surface area contributed by atoms with Crippen LogP contribution in [0.3, 0.4) is 0 Å². The third-order valence-corrected chi connectivity index (χ3v) is 5.21. The molecule has 1 rings (SSSR count). The Morgan fingerprint density at radius 3 is 2.17 bits per heavy atom. The number of aromatic nitrogens is 2. The Morgan fingerprint density at radius 2 is 1.69 bits per heavy atom. The molecule has 1 aromatic heterocycles. The first kappa shape index (κ1) is 30.3. The van der Waals surface area contributed by atoms with Gasteiger partial charge in [-0.2, -0.15) is 16.8 Å². The van der Waals surface area contributed by atoms with Crippen molar-refractivity contribution in [3.8, 4) is 5.75 Å². The van der Waals surface area contributed by atoms with Crippen LogP contribution < -0.4 is 9.74 Å². The lowest BCUT2D eigenvalue weighted by Crippen LogP contribution is -2.38. The molecule has 1 unspecified atom stereocenters. The summed E-state index contributed by atoms with van der Waals surface area (Å²) in [6.07, 6.45) is 1.54. The van der Waals surface area contributed by atoms with E-state index in [4.69, 9.17) is 8.92 Å². The second-order valence-electron chi connectivity index (χ2n) is 8.54. The fraction of sp³-hybridized carbons (Fsp3) is 0.684. The monoisotopic (exact) mass is 541 g/mol. The van der Waals surface area contributed by atoms with E-state index in [0.29, 0.717) is 12.7 Å². The summed E-state index contributed by atoms with van der Waals surface area (Å²) in [5.41, 5.74) is -2.65. The van der Waals surface area contributed by atoms with Crippen LogP contribution in [0.2, 0.25) is 0 Å². The summed E-state index contributed by atoms with van der Waals surface area (Å²) < 4.78 is 64.7. The molecule has 0 radical (unpaired) electrons. The summed E-state index contributed by atoms with van der Waals surface area (Å²) in [7, 11) is -5.44. The third-order valence-electron chi connectivity index (χ3n) is 4.14. The van der Waals surface area contributed by atoms with Gasteiger partial charge in [0.15, 0.2) is 5.69 Å². The number of ether oxygens (including phenoxy) is 2. The van der Waals surface area contributed by atoms with Crippen molar-refractivity contribution in [2.75, 3.05) is 33.3 Å². The zero-order chi connectivity index (χ0) is 27.2. The van der Waals surface area contributed by atoms with Crippen molar-refractivity contribution in [3.05, 3.63) is 21.9 Å². The molecule has 0 saturated carbocycles. The fourth-order valence-electron chi connectivity index (χ4n) is 2.73. The van der Waals surface area contributed by atoms with E-state index in [1.54, 1.807) is 20.8 Å². The summed E-state index contributed by atoms with van der Waals surface area (Å²) in [4.78, 5) is 45.1. The summed E-state index contributed by atoms with van der Waals surface area (Å²) >= 11 is 0. The van der Waals surface area contributed by atoms with Crippen LogP contribution in [-0.4, -0.2) is 82.6 Å². The standard InChI is InChI=1S/C19H31N3O11S2/c1-19(2,3)32-18(25)22(4)12(10-8-9-11-31-34(6,26)27)15-20-13(17(24)30-5)14(16(23)21-15)33-35(7,28)29/h12H,8-11H2,1-7H3,(H,20,21,23). The molecule has 1 aromatic rings. The van der Waals surface area contributed by atoms with Crippen molar-refractivity contribution in [1.29, 1.82) is 0 Å². The summed E-state index contributed by atoms with van der Waals surface area (Å²) in [6.45, 7) is 4.86. The second kappa shape index (κ2) is 11.8. The topological polar surface area (TPSA) is 188 Å². The number of hydrogen-bond acceptors (Lipinski definition) is 12. The number of rotatable bonds is 11. The quantitative estimate of drug-likeness (QED) is 0.238. The van der Waals surface area contributed by atoms with Gasteiger partial charge in [-0.15, -0.1) is 0 Å². The first-order chi connectivity index (χ1) is 15.8. The Labute approximate surface area is 204 Å². The molecule has 0 aliphatic heterocycles. The maximum absolute atomic E-state index is 12.7. The van der Waals surface area contributed by atoms with Gasteiger partial charge in [-0.1, -0.05) is 0 Å². The highest BCUT2D eigenvalue weighted by Gasteiger charge is 2.31. The molecule has 0 fully saturated rings. The van der Waals surface area contributed by atoms with Gasteiger partial charge >= 0.3 is 22.2 Å². The number of amides is 1. The van der Waals surface area contributed by atoms with Gasteiger partial charge in [-0.3, -0.25) is 8.98 Å². The van der Waals surface area contributed by atoms with Gasteiger partial charge in [0.1, 0.15) is 11.4 Å².